The minimum absolute atomic E-state index is 0.00726. The van der Waals surface area contributed by atoms with Gasteiger partial charge >= 0.3 is 0 Å². The molecule has 0 saturated heterocycles. The summed E-state index contributed by atoms with van der Waals surface area (Å²) in [7, 11) is 0. The zero-order valence-corrected chi connectivity index (χ0v) is 13.5. The Kier molecular flexibility index (Phi) is 3.92. The zero-order valence-electron chi connectivity index (χ0n) is 12.7. The number of hydrogen-bond acceptors (Lipinski definition) is 3. The van der Waals surface area contributed by atoms with Gasteiger partial charge in [0.25, 0.3) is 5.92 Å². The van der Waals surface area contributed by atoms with Crippen LogP contribution in [0.3, 0.4) is 0 Å². The molecule has 1 aromatic carbocycles. The molecule has 23 heavy (non-hydrogen) atoms. The number of hydrogen-bond donors (Lipinski definition) is 1. The van der Waals surface area contributed by atoms with Gasteiger partial charge in [-0.2, -0.15) is 5.10 Å². The van der Waals surface area contributed by atoms with Crippen LogP contribution in [0.1, 0.15) is 25.3 Å². The molecule has 1 fully saturated rings. The van der Waals surface area contributed by atoms with Gasteiger partial charge in [-0.1, -0.05) is 30.7 Å². The van der Waals surface area contributed by atoms with Crippen molar-refractivity contribution in [3.8, 4) is 0 Å². The van der Waals surface area contributed by atoms with Crippen LogP contribution in [0.4, 0.5) is 8.78 Å². The topological polar surface area (TPSA) is 50.9 Å². The third-order valence-corrected chi connectivity index (χ3v) is 5.17. The summed E-state index contributed by atoms with van der Waals surface area (Å²) in [5.41, 5.74) is -2.07. The van der Waals surface area contributed by atoms with E-state index in [9.17, 15) is 13.9 Å². The molecular formula is C16H18ClF2N3O. The second-order valence-electron chi connectivity index (χ2n) is 6.46. The molecule has 1 aliphatic rings. The highest BCUT2D eigenvalue weighted by molar-refractivity contribution is 6.30. The predicted molar refractivity (Wildman–Crippen MR) is 82.4 cm³/mol. The van der Waals surface area contributed by atoms with Crippen LogP contribution in [-0.4, -0.2) is 31.4 Å². The summed E-state index contributed by atoms with van der Waals surface area (Å²) in [5.74, 6) is -2.86. The van der Waals surface area contributed by atoms with Crippen LogP contribution in [0, 0.1) is 5.41 Å². The molecule has 2 unspecified atom stereocenters. The molecule has 2 atom stereocenters. The maximum Gasteiger partial charge on any atom is 0.257 e. The number of halogens is 3. The summed E-state index contributed by atoms with van der Waals surface area (Å²) in [4.78, 5) is 3.81. The molecule has 1 aromatic heterocycles. The van der Waals surface area contributed by atoms with Crippen molar-refractivity contribution < 1.29 is 13.9 Å². The maximum absolute atomic E-state index is 13.9. The van der Waals surface area contributed by atoms with Crippen molar-refractivity contribution in [1.29, 1.82) is 0 Å². The molecule has 124 valence electrons. The summed E-state index contributed by atoms with van der Waals surface area (Å²) in [6.07, 6.45) is 3.13. The summed E-state index contributed by atoms with van der Waals surface area (Å²) in [6, 6.07) is 7.18. The first-order valence-corrected chi connectivity index (χ1v) is 7.81. The number of aliphatic hydroxyl groups is 1. The van der Waals surface area contributed by atoms with Gasteiger partial charge in [-0.05, 0) is 30.5 Å². The van der Waals surface area contributed by atoms with E-state index in [4.69, 9.17) is 11.6 Å². The minimum atomic E-state index is -2.86. The van der Waals surface area contributed by atoms with Gasteiger partial charge in [0, 0.05) is 11.4 Å². The first kappa shape index (κ1) is 16.3. The predicted octanol–water partition coefficient (Wildman–Crippen LogP) is 3.34. The maximum atomic E-state index is 13.9. The molecule has 1 N–H and O–H groups in total. The Labute approximate surface area is 138 Å². The van der Waals surface area contributed by atoms with E-state index in [-0.39, 0.29) is 19.4 Å². The lowest BCUT2D eigenvalue weighted by Gasteiger charge is -2.34. The molecule has 0 radical (unpaired) electrons. The second kappa shape index (κ2) is 5.53. The first-order chi connectivity index (χ1) is 10.8. The highest BCUT2D eigenvalue weighted by atomic mass is 35.5. The van der Waals surface area contributed by atoms with Crippen molar-refractivity contribution in [3.63, 3.8) is 0 Å². The molecule has 0 bridgehead atoms. The largest absolute Gasteiger partial charge is 0.387 e. The van der Waals surface area contributed by atoms with Crippen molar-refractivity contribution in [2.24, 2.45) is 5.41 Å². The summed E-state index contributed by atoms with van der Waals surface area (Å²) in [6.45, 7) is 1.43. The third-order valence-electron chi connectivity index (χ3n) is 4.92. The number of benzene rings is 1. The monoisotopic (exact) mass is 341 g/mol. The lowest BCUT2D eigenvalue weighted by atomic mass is 9.80. The van der Waals surface area contributed by atoms with E-state index in [2.05, 4.69) is 10.1 Å². The number of alkyl halides is 2. The fourth-order valence-corrected chi connectivity index (χ4v) is 3.14. The summed E-state index contributed by atoms with van der Waals surface area (Å²) >= 11 is 5.85. The van der Waals surface area contributed by atoms with Crippen LogP contribution in [0.5, 0.6) is 0 Å². The molecular weight excluding hydrogens is 324 g/mol. The molecule has 1 heterocycles. The molecule has 1 saturated carbocycles. The lowest BCUT2D eigenvalue weighted by Crippen LogP contribution is -2.45. The Morgan fingerprint density at radius 1 is 1.35 bits per heavy atom. The van der Waals surface area contributed by atoms with Crippen molar-refractivity contribution in [2.45, 2.75) is 44.3 Å². The number of nitrogens with zero attached hydrogens (tertiary/aromatic N) is 3. The van der Waals surface area contributed by atoms with Crippen molar-refractivity contribution in [2.75, 3.05) is 0 Å². The molecule has 3 rings (SSSR count). The number of rotatable bonds is 6. The standard InChI is InChI=1S/C16H18ClF2N3O/c1-14(8-16(14,18)19)15(23,9-22-11-20-10-21-22)7-6-12-2-4-13(17)5-3-12/h2-5,10-11,23H,6-9H2,1H3. The quantitative estimate of drug-likeness (QED) is 0.876. The fraction of sp³-hybridized carbons (Fsp3) is 0.500. The zero-order chi connectivity index (χ0) is 16.7. The smallest absolute Gasteiger partial charge is 0.257 e. The normalized spacial score (nSPS) is 25.1. The molecule has 1 aliphatic carbocycles. The van der Waals surface area contributed by atoms with Gasteiger partial charge in [0.15, 0.2) is 0 Å². The van der Waals surface area contributed by atoms with E-state index in [0.717, 1.165) is 5.56 Å². The van der Waals surface area contributed by atoms with Gasteiger partial charge in [-0.15, -0.1) is 0 Å². The highest BCUT2D eigenvalue weighted by Gasteiger charge is 2.76. The first-order valence-electron chi connectivity index (χ1n) is 7.43. The van der Waals surface area contributed by atoms with Crippen LogP contribution in [0.2, 0.25) is 5.02 Å². The van der Waals surface area contributed by atoms with Gasteiger partial charge < -0.3 is 5.11 Å². The highest BCUT2D eigenvalue weighted by Crippen LogP contribution is 2.67. The Morgan fingerprint density at radius 3 is 2.52 bits per heavy atom. The van der Waals surface area contributed by atoms with Gasteiger partial charge in [-0.25, -0.2) is 13.8 Å². The van der Waals surface area contributed by atoms with E-state index >= 15 is 0 Å². The Hall–Kier alpha value is -1.53. The van der Waals surface area contributed by atoms with E-state index in [1.165, 1.54) is 24.3 Å². The summed E-state index contributed by atoms with van der Waals surface area (Å²) < 4.78 is 29.1. The lowest BCUT2D eigenvalue weighted by molar-refractivity contribution is -0.0949. The van der Waals surface area contributed by atoms with E-state index in [1.54, 1.807) is 12.1 Å². The van der Waals surface area contributed by atoms with Gasteiger partial charge in [0.2, 0.25) is 0 Å². The minimum Gasteiger partial charge on any atom is -0.387 e. The average molecular weight is 342 g/mol. The van der Waals surface area contributed by atoms with Crippen LogP contribution in [0.15, 0.2) is 36.9 Å². The van der Waals surface area contributed by atoms with Crippen LogP contribution >= 0.6 is 11.6 Å². The van der Waals surface area contributed by atoms with E-state index in [1.807, 2.05) is 12.1 Å². The second-order valence-corrected chi connectivity index (χ2v) is 6.90. The van der Waals surface area contributed by atoms with Crippen molar-refractivity contribution >= 4 is 11.6 Å². The Morgan fingerprint density at radius 2 is 2.00 bits per heavy atom. The van der Waals surface area contributed by atoms with E-state index in [0.29, 0.717) is 11.4 Å². The average Bonchev–Trinajstić information content (AvgIpc) is 2.86. The molecule has 0 spiro atoms. The third kappa shape index (κ3) is 2.97. The van der Waals surface area contributed by atoms with Gasteiger partial charge in [0.05, 0.1) is 17.6 Å². The number of aryl methyl sites for hydroxylation is 1. The molecule has 0 amide bonds. The molecule has 7 heteroatoms. The Bertz CT molecular complexity index is 677. The fourth-order valence-electron chi connectivity index (χ4n) is 3.02. The van der Waals surface area contributed by atoms with Gasteiger partial charge in [0.1, 0.15) is 12.7 Å². The van der Waals surface area contributed by atoms with E-state index < -0.39 is 16.9 Å². The summed E-state index contributed by atoms with van der Waals surface area (Å²) in [5, 5.41) is 15.6. The Balaban J connectivity index is 1.79. The molecule has 2 aromatic rings. The number of aromatic nitrogens is 3. The molecule has 4 nitrogen and oxygen atoms in total. The molecule has 0 aliphatic heterocycles. The van der Waals surface area contributed by atoms with Gasteiger partial charge in [-0.3, -0.25) is 4.68 Å². The van der Waals surface area contributed by atoms with Crippen LogP contribution in [-0.2, 0) is 13.0 Å². The van der Waals surface area contributed by atoms with Crippen LogP contribution < -0.4 is 0 Å². The van der Waals surface area contributed by atoms with Crippen molar-refractivity contribution in [1.82, 2.24) is 14.8 Å². The van der Waals surface area contributed by atoms with Crippen LogP contribution in [0.25, 0.3) is 0 Å². The SMILES string of the molecule is CC1(C(O)(CCc2ccc(Cl)cc2)Cn2cncn2)CC1(F)F. The van der Waals surface area contributed by atoms with Crippen molar-refractivity contribution in [3.05, 3.63) is 47.5 Å².